The fourth-order valence-electron chi connectivity index (χ4n) is 15.6. The number of fused-ring (bicyclic) bond motifs is 5. The molecule has 5 amide bonds. The minimum absolute atomic E-state index is 0.0402. The highest BCUT2D eigenvalue weighted by atomic mass is 16.6. The Hall–Kier alpha value is -5.34. The maximum Gasteiger partial charge on any atom is 0.407 e. The second-order valence-electron chi connectivity index (χ2n) is 26.8. The molecule has 0 bridgehead atoms. The molecule has 0 spiro atoms. The molecule has 436 valence electrons. The van der Waals surface area contributed by atoms with Gasteiger partial charge in [0, 0.05) is 51.3 Å². The molecule has 1 aromatic rings. The van der Waals surface area contributed by atoms with Gasteiger partial charge in [-0.1, -0.05) is 83.7 Å². The standard InChI is InChI=1S/C64H96N6O9/c1-41(2)16-12-17-42(3)49-28-29-50-48-27-24-45-39-47(30-32-63(45,7)51(48)31-33-64(49,50)8)78-60(76)52(19-10-11-34-65-61(77)79-62(4,5)6)66-56(72)53(38-43-22-25-46(71)26-23-43)67-57(73)54-20-14-36-69(54)59(75)55-21-15-37-70(55)58(74)44-18-13-35-68(9)40-44/h13,22-26,35,40-42,47-55,71H,10-12,14-21,27-34,36-39H2,1-9H3,(H,65,77)(H,66,72)(H,67,73)/t42-,47+,48+,49-,50+,51+,52+,53+,54+,55+,63+,64-/m1/s1. The number of carbonyl (C=O) groups excluding carboxylic acids is 6. The van der Waals surface area contributed by atoms with Crippen molar-refractivity contribution >= 4 is 35.7 Å². The number of ether oxygens (including phenoxy) is 2. The maximum atomic E-state index is 14.8. The number of likely N-dealkylation sites (tertiary alicyclic amines) is 2. The van der Waals surface area contributed by atoms with E-state index in [0.29, 0.717) is 99.4 Å². The first-order chi connectivity index (χ1) is 37.5. The molecule has 1 aromatic carbocycles. The van der Waals surface area contributed by atoms with E-state index in [0.717, 1.165) is 42.9 Å². The van der Waals surface area contributed by atoms with Crippen molar-refractivity contribution in [1.29, 1.82) is 0 Å². The molecule has 5 fully saturated rings. The lowest BCUT2D eigenvalue weighted by molar-refractivity contribution is -0.155. The molecule has 4 aliphatic carbocycles. The van der Waals surface area contributed by atoms with Gasteiger partial charge in [-0.3, -0.25) is 19.2 Å². The molecule has 0 unspecified atom stereocenters. The minimum atomic E-state index is -1.16. The number of unbranched alkanes of at least 4 members (excludes halogenated alkanes) is 1. The molecule has 15 heteroatoms. The maximum absolute atomic E-state index is 14.8. The third-order valence-electron chi connectivity index (χ3n) is 19.7. The highest BCUT2D eigenvalue weighted by Gasteiger charge is 2.59. The molecule has 0 aromatic heterocycles. The van der Waals surface area contributed by atoms with Gasteiger partial charge in [0.1, 0.15) is 41.6 Å². The van der Waals surface area contributed by atoms with E-state index in [4.69, 9.17) is 9.47 Å². The van der Waals surface area contributed by atoms with Gasteiger partial charge in [-0.05, 0) is 187 Å². The van der Waals surface area contributed by atoms with Crippen molar-refractivity contribution < 1.29 is 43.3 Å². The van der Waals surface area contributed by atoms with Crippen LogP contribution in [0.2, 0.25) is 0 Å². The number of phenolic OH excluding ortho intramolecular Hbond substituents is 1. The Bertz CT molecular complexity index is 2450. The molecule has 3 saturated carbocycles. The Morgan fingerprint density at radius 3 is 2.27 bits per heavy atom. The fraction of sp³-hybridized carbons (Fsp3) is 0.719. The third-order valence-corrected chi connectivity index (χ3v) is 19.7. The molecular formula is C64H96N6O9. The Morgan fingerprint density at radius 2 is 1.54 bits per heavy atom. The summed E-state index contributed by atoms with van der Waals surface area (Å²) in [6.45, 7) is 18.8. The molecule has 2 saturated heterocycles. The lowest BCUT2D eigenvalue weighted by atomic mass is 9.47. The van der Waals surface area contributed by atoms with Crippen molar-refractivity contribution in [3.05, 3.63) is 65.5 Å². The number of allylic oxidation sites excluding steroid dienone is 2. The quantitative estimate of drug-likeness (QED) is 0.0556. The predicted molar refractivity (Wildman–Crippen MR) is 306 cm³/mol. The smallest absolute Gasteiger partial charge is 0.407 e. The number of hydrogen-bond acceptors (Lipinski definition) is 10. The van der Waals surface area contributed by atoms with Crippen molar-refractivity contribution in [2.24, 2.45) is 46.3 Å². The molecule has 12 atom stereocenters. The van der Waals surface area contributed by atoms with E-state index in [1.54, 1.807) is 48.9 Å². The van der Waals surface area contributed by atoms with Crippen molar-refractivity contribution in [3.8, 4) is 5.75 Å². The Morgan fingerprint density at radius 1 is 0.810 bits per heavy atom. The summed E-state index contributed by atoms with van der Waals surface area (Å²) in [7, 11) is 1.86. The topological polar surface area (TPSA) is 187 Å². The predicted octanol–water partition coefficient (Wildman–Crippen LogP) is 10.3. The number of nitrogens with zero attached hydrogens (tertiary/aromatic N) is 3. The lowest BCUT2D eigenvalue weighted by Gasteiger charge is -2.58. The van der Waals surface area contributed by atoms with Crippen LogP contribution in [0.3, 0.4) is 0 Å². The van der Waals surface area contributed by atoms with Crippen molar-refractivity contribution in [3.63, 3.8) is 0 Å². The number of esters is 1. The largest absolute Gasteiger partial charge is 0.508 e. The lowest BCUT2D eigenvalue weighted by Crippen LogP contribution is -2.57. The molecule has 15 nitrogen and oxygen atoms in total. The second-order valence-corrected chi connectivity index (χ2v) is 26.8. The zero-order valence-electron chi connectivity index (χ0n) is 49.3. The molecule has 3 heterocycles. The number of rotatable bonds is 20. The van der Waals surface area contributed by atoms with Crippen molar-refractivity contribution in [2.45, 2.75) is 220 Å². The third kappa shape index (κ3) is 14.2. The number of carbonyl (C=O) groups is 6. The summed E-state index contributed by atoms with van der Waals surface area (Å²) in [6.07, 6.45) is 23.6. The summed E-state index contributed by atoms with van der Waals surface area (Å²) >= 11 is 0. The SMILES string of the molecule is CC(C)CCC[C@@H](C)[C@H]1CC[C@H]2[C@@H]3CC=C4C[C@@H](OC(=O)[C@H](CCCCNC(=O)OC(C)(C)C)NC(=O)[C@H](Cc5ccc(O)cc5)NC(=O)[C@@H]5CCCN5C(=O)[C@@H]5CCCN5C(=O)C5=CN(C)C=CC5)CC[C@]4(C)[C@H]3CC[C@]12C. The zero-order valence-corrected chi connectivity index (χ0v) is 49.3. The van der Waals surface area contributed by atoms with E-state index in [1.165, 1.54) is 62.7 Å². The van der Waals surface area contributed by atoms with Crippen molar-refractivity contribution in [2.75, 3.05) is 26.7 Å². The first-order valence-electron chi connectivity index (χ1n) is 30.5. The molecule has 7 aliphatic rings. The van der Waals surface area contributed by atoms with Crippen LogP contribution >= 0.6 is 0 Å². The van der Waals surface area contributed by atoms with Gasteiger partial charge < -0.3 is 45.2 Å². The average Bonchev–Trinajstić information content (AvgIpc) is 4.36. The van der Waals surface area contributed by atoms with Gasteiger partial charge in [-0.2, -0.15) is 0 Å². The van der Waals surface area contributed by atoms with E-state index >= 15 is 0 Å². The van der Waals surface area contributed by atoms with Gasteiger partial charge in [-0.15, -0.1) is 0 Å². The van der Waals surface area contributed by atoms with Crippen LogP contribution in [-0.2, 0) is 39.9 Å². The van der Waals surface area contributed by atoms with Gasteiger partial charge in [0.15, 0.2) is 0 Å². The normalized spacial score (nSPS) is 29.5. The Kier molecular flexibility index (Phi) is 19.4. The van der Waals surface area contributed by atoms with Gasteiger partial charge >= 0.3 is 12.1 Å². The average molecular weight is 1090 g/mol. The zero-order chi connectivity index (χ0) is 56.8. The molecule has 4 N–H and O–H groups in total. The van der Waals surface area contributed by atoms with Crippen LogP contribution in [0.1, 0.15) is 183 Å². The number of alkyl carbamates (subject to hydrolysis) is 1. The molecule has 3 aliphatic heterocycles. The summed E-state index contributed by atoms with van der Waals surface area (Å²) in [5.74, 6) is 2.30. The number of phenols is 1. The Balaban J connectivity index is 0.950. The second kappa shape index (κ2) is 25.6. The van der Waals surface area contributed by atoms with Crippen LogP contribution in [0.4, 0.5) is 4.79 Å². The summed E-state index contributed by atoms with van der Waals surface area (Å²) in [5.41, 5.74) is 2.46. The number of nitrogens with one attached hydrogen (secondary N) is 3. The number of hydrogen-bond donors (Lipinski definition) is 4. The van der Waals surface area contributed by atoms with E-state index < -0.39 is 53.6 Å². The monoisotopic (exact) mass is 1090 g/mol. The fourth-order valence-corrected chi connectivity index (χ4v) is 15.6. The first-order valence-corrected chi connectivity index (χ1v) is 30.5. The van der Waals surface area contributed by atoms with Gasteiger partial charge in [0.2, 0.25) is 17.7 Å². The number of amides is 5. The molecule has 8 rings (SSSR count). The van der Waals surface area contributed by atoms with Crippen LogP contribution in [-0.4, -0.2) is 118 Å². The molecule has 79 heavy (non-hydrogen) atoms. The first kappa shape index (κ1) is 59.8. The van der Waals surface area contributed by atoms with E-state index in [2.05, 4.69) is 56.6 Å². The number of benzene rings is 1. The van der Waals surface area contributed by atoms with Crippen LogP contribution < -0.4 is 16.0 Å². The summed E-state index contributed by atoms with van der Waals surface area (Å²) < 4.78 is 11.9. The van der Waals surface area contributed by atoms with Gasteiger partial charge in [-0.25, -0.2) is 9.59 Å². The highest BCUT2D eigenvalue weighted by Crippen LogP contribution is 2.67. The van der Waals surface area contributed by atoms with Crippen LogP contribution in [0.5, 0.6) is 5.75 Å². The highest BCUT2D eigenvalue weighted by molar-refractivity contribution is 5.99. The summed E-state index contributed by atoms with van der Waals surface area (Å²) in [5, 5.41) is 18.9. The molecule has 0 radical (unpaired) electrons. The minimum Gasteiger partial charge on any atom is -0.508 e. The summed E-state index contributed by atoms with van der Waals surface area (Å²) in [6, 6.07) is 2.61. The van der Waals surface area contributed by atoms with Crippen LogP contribution in [0, 0.1) is 46.3 Å². The Labute approximate surface area is 471 Å². The van der Waals surface area contributed by atoms with Gasteiger partial charge in [0.25, 0.3) is 5.91 Å². The van der Waals surface area contributed by atoms with Crippen LogP contribution in [0.15, 0.2) is 60.0 Å². The van der Waals surface area contributed by atoms with E-state index in [-0.39, 0.29) is 41.9 Å². The summed E-state index contributed by atoms with van der Waals surface area (Å²) in [4.78, 5) is 89.6. The van der Waals surface area contributed by atoms with Crippen molar-refractivity contribution in [1.82, 2.24) is 30.7 Å². The van der Waals surface area contributed by atoms with E-state index in [9.17, 15) is 33.9 Å². The van der Waals surface area contributed by atoms with Crippen LogP contribution in [0.25, 0.3) is 0 Å². The van der Waals surface area contributed by atoms with E-state index in [1.807, 2.05) is 24.2 Å². The number of aromatic hydroxyl groups is 1. The molecular weight excluding hydrogens is 997 g/mol. The van der Waals surface area contributed by atoms with Gasteiger partial charge in [0.05, 0.1) is 0 Å².